The highest BCUT2D eigenvalue weighted by Gasteiger charge is 2.12. The average molecular weight is 292 g/mol. The topological polar surface area (TPSA) is 98.0 Å². The molecule has 0 saturated carbocycles. The smallest absolute Gasteiger partial charge is 0.216 e. The molecule has 0 spiro atoms. The molecule has 0 unspecified atom stereocenters. The van der Waals surface area contributed by atoms with E-state index in [1.54, 1.807) is 30.3 Å². The van der Waals surface area contributed by atoms with Gasteiger partial charge < -0.3 is 5.73 Å². The quantitative estimate of drug-likeness (QED) is 0.810. The minimum atomic E-state index is -3.42. The minimum absolute atomic E-state index is 0.0822. The average Bonchev–Trinajstić information content (AvgIpc) is 2.46. The molecule has 1 heterocycles. The number of nitrogens with one attached hydrogen (secondary N) is 1. The molecule has 1 aromatic heterocycles. The summed E-state index contributed by atoms with van der Waals surface area (Å²) in [6, 6.07) is 10.6. The molecule has 2 rings (SSSR count). The summed E-state index contributed by atoms with van der Waals surface area (Å²) in [5.74, 6) is -0.0822. The molecule has 0 aliphatic heterocycles. The van der Waals surface area contributed by atoms with Gasteiger partial charge in [-0.1, -0.05) is 24.3 Å². The van der Waals surface area contributed by atoms with Crippen LogP contribution in [0.2, 0.25) is 0 Å². The predicted molar refractivity (Wildman–Crippen MR) is 75.8 cm³/mol. The summed E-state index contributed by atoms with van der Waals surface area (Å²) in [6.45, 7) is 0.522. The molecule has 106 valence electrons. The summed E-state index contributed by atoms with van der Waals surface area (Å²) in [4.78, 5) is 0. The van der Waals surface area contributed by atoms with Gasteiger partial charge in [-0.15, -0.1) is 0 Å². The van der Waals surface area contributed by atoms with Gasteiger partial charge >= 0.3 is 0 Å². The number of nitrogens with two attached hydrogens (primary N) is 1. The van der Waals surface area contributed by atoms with Crippen molar-refractivity contribution in [2.75, 3.05) is 0 Å². The minimum Gasteiger partial charge on any atom is -0.326 e. The fraction of sp³-hybridized carbons (Fsp3) is 0.231. The Hall–Kier alpha value is -1.83. The van der Waals surface area contributed by atoms with E-state index in [4.69, 9.17) is 5.73 Å². The summed E-state index contributed by atoms with van der Waals surface area (Å²) < 4.78 is 26.5. The maximum atomic E-state index is 12.0. The maximum absolute atomic E-state index is 12.0. The van der Waals surface area contributed by atoms with Crippen LogP contribution >= 0.6 is 0 Å². The number of nitrogens with zero attached hydrogens (tertiary/aromatic N) is 2. The van der Waals surface area contributed by atoms with Crippen molar-refractivity contribution < 1.29 is 8.42 Å². The third kappa shape index (κ3) is 4.37. The van der Waals surface area contributed by atoms with E-state index < -0.39 is 10.0 Å². The van der Waals surface area contributed by atoms with Crippen LogP contribution in [-0.2, 0) is 28.9 Å². The van der Waals surface area contributed by atoms with Crippen molar-refractivity contribution in [2.45, 2.75) is 18.8 Å². The fourth-order valence-corrected chi connectivity index (χ4v) is 2.82. The summed E-state index contributed by atoms with van der Waals surface area (Å²) >= 11 is 0. The Morgan fingerprint density at radius 1 is 1.15 bits per heavy atom. The van der Waals surface area contributed by atoms with Crippen LogP contribution in [-0.4, -0.2) is 18.6 Å². The predicted octanol–water partition coefficient (Wildman–Crippen LogP) is 0.555. The summed E-state index contributed by atoms with van der Waals surface area (Å²) in [5, 5.41) is 7.52. The summed E-state index contributed by atoms with van der Waals surface area (Å²) in [6.07, 6.45) is 1.54. The summed E-state index contributed by atoms with van der Waals surface area (Å²) in [5.41, 5.74) is 7.73. The van der Waals surface area contributed by atoms with Crippen molar-refractivity contribution in [2.24, 2.45) is 5.73 Å². The molecule has 0 aliphatic rings. The van der Waals surface area contributed by atoms with E-state index >= 15 is 0 Å². The second kappa shape index (κ2) is 6.56. The molecule has 20 heavy (non-hydrogen) atoms. The lowest BCUT2D eigenvalue weighted by Gasteiger charge is -2.07. The highest BCUT2D eigenvalue weighted by Crippen LogP contribution is 2.08. The number of hydrogen-bond acceptors (Lipinski definition) is 5. The van der Waals surface area contributed by atoms with Crippen molar-refractivity contribution in [1.82, 2.24) is 14.9 Å². The first-order valence-corrected chi connectivity index (χ1v) is 7.76. The van der Waals surface area contributed by atoms with E-state index in [0.29, 0.717) is 17.8 Å². The van der Waals surface area contributed by atoms with Crippen LogP contribution in [0.4, 0.5) is 0 Å². The Balaban J connectivity index is 2.00. The molecular formula is C13H16N4O2S. The van der Waals surface area contributed by atoms with Crippen molar-refractivity contribution in [3.63, 3.8) is 0 Å². The van der Waals surface area contributed by atoms with Crippen LogP contribution in [0.3, 0.4) is 0 Å². The lowest BCUT2D eigenvalue weighted by atomic mass is 10.1. The van der Waals surface area contributed by atoms with Gasteiger partial charge in [-0.25, -0.2) is 13.1 Å². The molecule has 2 aromatic rings. The SMILES string of the molecule is NCc1cccc(CS(=O)(=O)NCc2cccnn2)c1. The van der Waals surface area contributed by atoms with Crippen LogP contribution in [0.1, 0.15) is 16.8 Å². The van der Waals surface area contributed by atoms with Crippen molar-refractivity contribution in [3.05, 3.63) is 59.4 Å². The van der Waals surface area contributed by atoms with Crippen molar-refractivity contribution in [3.8, 4) is 0 Å². The summed E-state index contributed by atoms with van der Waals surface area (Å²) in [7, 11) is -3.42. The Kier molecular flexibility index (Phi) is 4.78. The zero-order valence-corrected chi connectivity index (χ0v) is 11.7. The van der Waals surface area contributed by atoms with Gasteiger partial charge in [-0.05, 0) is 23.3 Å². The van der Waals surface area contributed by atoms with Gasteiger partial charge in [0.1, 0.15) is 0 Å². The number of rotatable bonds is 6. The largest absolute Gasteiger partial charge is 0.326 e. The van der Waals surface area contributed by atoms with Gasteiger partial charge in [0, 0.05) is 12.7 Å². The van der Waals surface area contributed by atoms with Crippen LogP contribution in [0.15, 0.2) is 42.6 Å². The van der Waals surface area contributed by atoms with Gasteiger partial charge in [0.05, 0.1) is 18.0 Å². The third-order valence-electron chi connectivity index (χ3n) is 2.68. The first kappa shape index (κ1) is 14.6. The van der Waals surface area contributed by atoms with Crippen LogP contribution < -0.4 is 10.5 Å². The van der Waals surface area contributed by atoms with Crippen LogP contribution in [0, 0.1) is 0 Å². The Morgan fingerprint density at radius 3 is 2.65 bits per heavy atom. The Morgan fingerprint density at radius 2 is 1.95 bits per heavy atom. The monoisotopic (exact) mass is 292 g/mol. The second-order valence-corrected chi connectivity index (χ2v) is 6.13. The van der Waals surface area contributed by atoms with Crippen molar-refractivity contribution >= 4 is 10.0 Å². The number of sulfonamides is 1. The van der Waals surface area contributed by atoms with Crippen LogP contribution in [0.5, 0.6) is 0 Å². The molecule has 0 fully saturated rings. The van der Waals surface area contributed by atoms with E-state index in [-0.39, 0.29) is 12.3 Å². The normalized spacial score (nSPS) is 11.4. The molecule has 6 nitrogen and oxygen atoms in total. The van der Waals surface area contributed by atoms with Gasteiger partial charge in [-0.3, -0.25) is 0 Å². The highest BCUT2D eigenvalue weighted by molar-refractivity contribution is 7.88. The van der Waals surface area contributed by atoms with Gasteiger partial charge in [0.2, 0.25) is 10.0 Å². The third-order valence-corrected chi connectivity index (χ3v) is 3.98. The second-order valence-electron chi connectivity index (χ2n) is 4.32. The Labute approximate surface area is 118 Å². The van der Waals surface area contributed by atoms with Crippen LogP contribution in [0.25, 0.3) is 0 Å². The molecule has 0 saturated heterocycles. The molecule has 0 aliphatic carbocycles. The van der Waals surface area contributed by atoms with Crippen molar-refractivity contribution in [1.29, 1.82) is 0 Å². The number of benzene rings is 1. The molecule has 0 amide bonds. The van der Waals surface area contributed by atoms with Gasteiger partial charge in [-0.2, -0.15) is 10.2 Å². The fourth-order valence-electron chi connectivity index (χ4n) is 1.73. The standard InChI is InChI=1S/C13H16N4O2S/c14-8-11-3-1-4-12(7-11)10-20(18,19)16-9-13-5-2-6-15-17-13/h1-7,16H,8-10,14H2. The lowest BCUT2D eigenvalue weighted by molar-refractivity contribution is 0.579. The van der Waals surface area contributed by atoms with E-state index in [2.05, 4.69) is 14.9 Å². The molecule has 3 N–H and O–H groups in total. The Bertz CT molecular complexity index is 659. The van der Waals surface area contributed by atoms with Gasteiger partial charge in [0.25, 0.3) is 0 Å². The van der Waals surface area contributed by atoms with E-state index in [0.717, 1.165) is 5.56 Å². The lowest BCUT2D eigenvalue weighted by Crippen LogP contribution is -2.25. The van der Waals surface area contributed by atoms with E-state index in [1.807, 2.05) is 6.07 Å². The number of aromatic nitrogens is 2. The molecule has 1 aromatic carbocycles. The number of hydrogen-bond donors (Lipinski definition) is 2. The molecule has 7 heteroatoms. The maximum Gasteiger partial charge on any atom is 0.216 e. The molecule has 0 bridgehead atoms. The zero-order chi connectivity index (χ0) is 14.4. The first-order chi connectivity index (χ1) is 9.59. The highest BCUT2D eigenvalue weighted by atomic mass is 32.2. The molecular weight excluding hydrogens is 276 g/mol. The molecule has 0 radical (unpaired) electrons. The van der Waals surface area contributed by atoms with Gasteiger partial charge in [0.15, 0.2) is 0 Å². The first-order valence-electron chi connectivity index (χ1n) is 6.11. The molecule has 0 atom stereocenters. The van der Waals surface area contributed by atoms with E-state index in [9.17, 15) is 8.42 Å². The zero-order valence-electron chi connectivity index (χ0n) is 10.9. The van der Waals surface area contributed by atoms with E-state index in [1.165, 1.54) is 6.20 Å².